The van der Waals surface area contributed by atoms with Crippen LogP contribution < -0.4 is 0 Å². The van der Waals surface area contributed by atoms with Crippen LogP contribution in [0.15, 0.2) is 0 Å². The van der Waals surface area contributed by atoms with Gasteiger partial charge in [0.05, 0.1) is 6.61 Å². The molecule has 1 fully saturated rings. The number of hydrogen-bond acceptors (Lipinski definition) is 6. The van der Waals surface area contributed by atoms with Crippen molar-refractivity contribution in [2.45, 2.75) is 30.7 Å². The van der Waals surface area contributed by atoms with E-state index < -0.39 is 37.3 Å². The van der Waals surface area contributed by atoms with Crippen LogP contribution in [0.25, 0.3) is 0 Å². The highest BCUT2D eigenvalue weighted by Crippen LogP contribution is 2.18. The van der Waals surface area contributed by atoms with E-state index in [4.69, 9.17) is 25.5 Å². The lowest BCUT2D eigenvalue weighted by molar-refractivity contribution is -0.286. The zero-order chi connectivity index (χ0) is 9.30. The van der Waals surface area contributed by atoms with Gasteiger partial charge in [0.1, 0.15) is 24.4 Å². The molecule has 14 heavy (non-hydrogen) atoms. The van der Waals surface area contributed by atoms with Crippen molar-refractivity contribution >= 4 is 24.8 Å². The Bertz CT molecular complexity index is 155. The van der Waals surface area contributed by atoms with Crippen molar-refractivity contribution in [3.05, 3.63) is 0 Å². The zero-order valence-corrected chi connectivity index (χ0v) is 8.69. The molecule has 6 nitrogen and oxygen atoms in total. The number of halogens is 2. The monoisotopic (exact) mass is 252 g/mol. The lowest BCUT2D eigenvalue weighted by Gasteiger charge is -2.37. The highest BCUT2D eigenvalue weighted by atomic mass is 35.5. The minimum absolute atomic E-state index is 0. The molecule has 5 N–H and O–H groups in total. The van der Waals surface area contributed by atoms with Crippen LogP contribution in [0, 0.1) is 0 Å². The van der Waals surface area contributed by atoms with Gasteiger partial charge < -0.3 is 30.3 Å². The van der Waals surface area contributed by atoms with Gasteiger partial charge in [0.15, 0.2) is 6.29 Å². The first-order valence-electron chi connectivity index (χ1n) is 3.56. The number of ether oxygens (including phenoxy) is 1. The van der Waals surface area contributed by atoms with E-state index in [2.05, 4.69) is 4.74 Å². The smallest absolute Gasteiger partial charge is 0.184 e. The second-order valence-electron chi connectivity index (χ2n) is 2.72. The first-order valence-corrected chi connectivity index (χ1v) is 3.56. The number of hydrogen-bond donors (Lipinski definition) is 5. The summed E-state index contributed by atoms with van der Waals surface area (Å²) < 4.78 is 4.58. The molecule has 5 atom stereocenters. The lowest BCUT2D eigenvalue weighted by Crippen LogP contribution is -2.58. The Balaban J connectivity index is 0. The quantitative estimate of drug-likeness (QED) is 0.357. The van der Waals surface area contributed by atoms with E-state index >= 15 is 0 Å². The Morgan fingerprint density at radius 2 is 1.36 bits per heavy atom. The summed E-state index contributed by atoms with van der Waals surface area (Å²) in [6, 6.07) is 0. The van der Waals surface area contributed by atoms with Crippen LogP contribution in [0.4, 0.5) is 0 Å². The van der Waals surface area contributed by atoms with Crippen molar-refractivity contribution in [3.63, 3.8) is 0 Å². The third-order valence-electron chi connectivity index (χ3n) is 1.87. The Kier molecular flexibility index (Phi) is 8.09. The Morgan fingerprint density at radius 1 is 0.857 bits per heavy atom. The van der Waals surface area contributed by atoms with Gasteiger partial charge in [0.2, 0.25) is 0 Å². The molecular weight excluding hydrogens is 239 g/mol. The van der Waals surface area contributed by atoms with E-state index in [1.54, 1.807) is 0 Å². The number of rotatable bonds is 1. The van der Waals surface area contributed by atoms with Crippen LogP contribution >= 0.6 is 24.8 Å². The average Bonchev–Trinajstić information content (AvgIpc) is 2.08. The fourth-order valence-corrected chi connectivity index (χ4v) is 1.08. The van der Waals surface area contributed by atoms with Crippen LogP contribution in [-0.4, -0.2) is 62.8 Å². The summed E-state index contributed by atoms with van der Waals surface area (Å²) in [5.74, 6) is 0. The molecule has 0 bridgehead atoms. The molecule has 1 saturated heterocycles. The van der Waals surface area contributed by atoms with Crippen LogP contribution in [0.2, 0.25) is 0 Å². The van der Waals surface area contributed by atoms with Crippen molar-refractivity contribution < 1.29 is 30.3 Å². The molecule has 1 aliphatic heterocycles. The summed E-state index contributed by atoms with van der Waals surface area (Å²) in [4.78, 5) is 0. The molecule has 0 saturated carbocycles. The van der Waals surface area contributed by atoms with E-state index in [-0.39, 0.29) is 24.8 Å². The summed E-state index contributed by atoms with van der Waals surface area (Å²) in [5.41, 5.74) is 0. The van der Waals surface area contributed by atoms with E-state index in [9.17, 15) is 0 Å². The highest BCUT2D eigenvalue weighted by molar-refractivity contribution is 5.85. The highest BCUT2D eigenvalue weighted by Gasteiger charge is 2.42. The molecule has 1 heterocycles. The first-order chi connectivity index (χ1) is 5.57. The molecule has 88 valence electrons. The van der Waals surface area contributed by atoms with Gasteiger partial charge in [-0.25, -0.2) is 0 Å². The predicted molar refractivity (Wildman–Crippen MR) is 50.5 cm³/mol. The van der Waals surface area contributed by atoms with Crippen molar-refractivity contribution in [1.29, 1.82) is 0 Å². The van der Waals surface area contributed by atoms with Crippen LogP contribution in [-0.2, 0) is 4.74 Å². The van der Waals surface area contributed by atoms with E-state index in [0.29, 0.717) is 0 Å². The summed E-state index contributed by atoms with van der Waals surface area (Å²) in [6.07, 6.45) is -7.04. The zero-order valence-electron chi connectivity index (χ0n) is 7.05. The molecule has 1 unspecified atom stereocenters. The third kappa shape index (κ3) is 3.18. The van der Waals surface area contributed by atoms with E-state index in [1.807, 2.05) is 0 Å². The lowest BCUT2D eigenvalue weighted by atomic mass is 10.00. The van der Waals surface area contributed by atoms with Gasteiger partial charge in [0.25, 0.3) is 0 Å². The van der Waals surface area contributed by atoms with Crippen LogP contribution in [0.5, 0.6) is 0 Å². The predicted octanol–water partition coefficient (Wildman–Crippen LogP) is -2.38. The molecule has 0 aliphatic carbocycles. The molecule has 0 aromatic heterocycles. The maximum Gasteiger partial charge on any atom is 0.184 e. The van der Waals surface area contributed by atoms with Gasteiger partial charge in [-0.05, 0) is 0 Å². The molecule has 0 radical (unpaired) electrons. The maximum absolute atomic E-state index is 9.12. The minimum Gasteiger partial charge on any atom is -0.394 e. The molecular formula is C6H14Cl2O6. The Labute approximate surface area is 92.9 Å². The average molecular weight is 253 g/mol. The molecule has 1 rings (SSSR count). The summed E-state index contributed by atoms with van der Waals surface area (Å²) in [6.45, 7) is -0.526. The van der Waals surface area contributed by atoms with Crippen molar-refractivity contribution in [3.8, 4) is 0 Å². The van der Waals surface area contributed by atoms with Crippen LogP contribution in [0.1, 0.15) is 0 Å². The molecule has 8 heteroatoms. The topological polar surface area (TPSA) is 110 Å². The minimum atomic E-state index is -1.57. The normalized spacial score (nSPS) is 42.2. The van der Waals surface area contributed by atoms with Crippen molar-refractivity contribution in [2.75, 3.05) is 6.61 Å². The summed E-state index contributed by atoms with van der Waals surface area (Å²) in [5, 5.41) is 44.7. The Morgan fingerprint density at radius 3 is 1.79 bits per heavy atom. The van der Waals surface area contributed by atoms with Crippen molar-refractivity contribution in [1.82, 2.24) is 0 Å². The SMILES string of the molecule is Cl.Cl.OC[C@H]1OC(O)[C@H](O)[C@@H](O)[C@@H]1O. The van der Waals surface area contributed by atoms with Crippen molar-refractivity contribution in [2.24, 2.45) is 0 Å². The summed E-state index contributed by atoms with van der Waals surface area (Å²) in [7, 11) is 0. The largest absolute Gasteiger partial charge is 0.394 e. The third-order valence-corrected chi connectivity index (χ3v) is 1.87. The molecule has 0 aromatic rings. The molecule has 1 aliphatic rings. The first kappa shape index (κ1) is 16.8. The van der Waals surface area contributed by atoms with E-state index in [1.165, 1.54) is 0 Å². The van der Waals surface area contributed by atoms with Gasteiger partial charge in [-0.2, -0.15) is 0 Å². The van der Waals surface area contributed by atoms with Gasteiger partial charge in [0, 0.05) is 0 Å². The fourth-order valence-electron chi connectivity index (χ4n) is 1.08. The van der Waals surface area contributed by atoms with Gasteiger partial charge in [-0.3, -0.25) is 0 Å². The standard InChI is InChI=1S/C6H12O6.2ClH/c7-1-2-3(8)4(9)5(10)6(11)12-2;;/h2-11H,1H2;2*1H/t2-,3-,4+,5-,6?;;/m1../s1. The number of aliphatic hydroxyl groups is 5. The van der Waals surface area contributed by atoms with Crippen LogP contribution in [0.3, 0.4) is 0 Å². The molecule has 0 aromatic carbocycles. The molecule has 0 spiro atoms. The maximum atomic E-state index is 9.12. The number of aliphatic hydroxyl groups excluding tert-OH is 5. The van der Waals surface area contributed by atoms with E-state index in [0.717, 1.165) is 0 Å². The molecule has 0 amide bonds. The van der Waals surface area contributed by atoms with Gasteiger partial charge >= 0.3 is 0 Å². The van der Waals surface area contributed by atoms with Gasteiger partial charge in [-0.15, -0.1) is 24.8 Å². The second-order valence-corrected chi connectivity index (χ2v) is 2.72. The second kappa shape index (κ2) is 6.76. The summed E-state index contributed by atoms with van der Waals surface area (Å²) >= 11 is 0. The Hall–Kier alpha value is 0.340. The fraction of sp³-hybridized carbons (Fsp3) is 1.00. The van der Waals surface area contributed by atoms with Gasteiger partial charge in [-0.1, -0.05) is 0 Å².